The minimum atomic E-state index is -1.06. The number of anilines is 1. The van der Waals surface area contributed by atoms with E-state index in [-0.39, 0.29) is 17.9 Å². The zero-order valence-corrected chi connectivity index (χ0v) is 25.1. The number of aliphatic hydroxyl groups is 1. The Balaban J connectivity index is 1.31. The smallest absolute Gasteiger partial charge is 0.249 e. The van der Waals surface area contributed by atoms with Crippen LogP contribution < -0.4 is 19.6 Å². The summed E-state index contributed by atoms with van der Waals surface area (Å²) < 4.78 is 17.0. The van der Waals surface area contributed by atoms with E-state index in [0.717, 1.165) is 37.7 Å². The standard InChI is InChI=1S/C35H39N3O6/c1-42-27-16-14-25(15-17-27)36-38-29(19-18-28-32(38)35(41)37(34(28)40)26-11-7-4-8-12-26)33(39)24-13-20-30(43-2)31(21-24)44-22-23-9-5-3-6-10-23/h3,5-6,9-10,13-21,26,28-29,32-33,36,39H,4,7-8,11-12,22H2,1-2H3. The minimum absolute atomic E-state index is 0.0835. The molecule has 2 amide bonds. The molecule has 0 aromatic heterocycles. The first-order valence-corrected chi connectivity index (χ1v) is 15.3. The van der Waals surface area contributed by atoms with Gasteiger partial charge in [0.25, 0.3) is 0 Å². The van der Waals surface area contributed by atoms with Gasteiger partial charge in [0, 0.05) is 11.7 Å². The summed E-state index contributed by atoms with van der Waals surface area (Å²) in [4.78, 5) is 29.2. The molecule has 3 aromatic rings. The number of amides is 2. The summed E-state index contributed by atoms with van der Waals surface area (Å²) in [5.74, 6) is 0.703. The fourth-order valence-electron chi connectivity index (χ4n) is 6.53. The van der Waals surface area contributed by atoms with Gasteiger partial charge in [-0.2, -0.15) is 0 Å². The molecule has 2 N–H and O–H groups in total. The molecule has 4 atom stereocenters. The van der Waals surface area contributed by atoms with E-state index in [2.05, 4.69) is 5.43 Å². The number of hydrogen-bond donors (Lipinski definition) is 2. The molecule has 2 aliphatic heterocycles. The summed E-state index contributed by atoms with van der Waals surface area (Å²) in [5, 5.41) is 13.6. The molecule has 0 spiro atoms. The summed E-state index contributed by atoms with van der Waals surface area (Å²) in [6.07, 6.45) is 7.36. The van der Waals surface area contributed by atoms with Gasteiger partial charge < -0.3 is 24.7 Å². The molecule has 4 unspecified atom stereocenters. The largest absolute Gasteiger partial charge is 0.497 e. The number of aliphatic hydroxyl groups excluding tert-OH is 1. The molecule has 3 aliphatic rings. The lowest BCUT2D eigenvalue weighted by Gasteiger charge is -2.41. The zero-order chi connectivity index (χ0) is 30.6. The topological polar surface area (TPSA) is 101 Å². The number of carbonyl (C=O) groups is 2. The number of fused-ring (bicyclic) bond motifs is 1. The normalized spacial score (nSPS) is 22.9. The Kier molecular flexibility index (Phi) is 8.86. The molecule has 3 aromatic carbocycles. The van der Waals surface area contributed by atoms with Crippen molar-refractivity contribution in [1.82, 2.24) is 9.91 Å². The van der Waals surface area contributed by atoms with Crippen LogP contribution in [0.2, 0.25) is 0 Å². The summed E-state index contributed by atoms with van der Waals surface area (Å²) >= 11 is 0. The molecule has 9 heteroatoms. The molecule has 2 heterocycles. The van der Waals surface area contributed by atoms with Crippen LogP contribution in [0.25, 0.3) is 0 Å². The van der Waals surface area contributed by atoms with Crippen molar-refractivity contribution < 1.29 is 28.9 Å². The van der Waals surface area contributed by atoms with Crippen LogP contribution in [0.1, 0.15) is 49.3 Å². The monoisotopic (exact) mass is 597 g/mol. The highest BCUT2D eigenvalue weighted by Crippen LogP contribution is 2.40. The van der Waals surface area contributed by atoms with Crippen LogP contribution in [0.3, 0.4) is 0 Å². The molecule has 1 saturated carbocycles. The molecule has 9 nitrogen and oxygen atoms in total. The third-order valence-electron chi connectivity index (χ3n) is 8.87. The molecule has 0 radical (unpaired) electrons. The summed E-state index contributed by atoms with van der Waals surface area (Å²) in [7, 11) is 3.18. The lowest BCUT2D eigenvalue weighted by Crippen LogP contribution is -2.56. The van der Waals surface area contributed by atoms with E-state index in [1.807, 2.05) is 60.7 Å². The summed E-state index contributed by atoms with van der Waals surface area (Å²) in [5.41, 5.74) is 5.67. The number of hydrogen-bond acceptors (Lipinski definition) is 8. The van der Waals surface area contributed by atoms with Gasteiger partial charge in [0.2, 0.25) is 11.8 Å². The SMILES string of the molecule is COc1ccc(NN2C(C(O)c3ccc(OC)c(OCc4ccccc4)c3)C=CC3C(=O)N(C4CCCCC4)C(=O)C32)cc1. The number of carbonyl (C=O) groups excluding carboxylic acids is 2. The Labute approximate surface area is 258 Å². The molecule has 2 fully saturated rings. The van der Waals surface area contributed by atoms with E-state index >= 15 is 0 Å². The van der Waals surface area contributed by atoms with Gasteiger partial charge in [-0.05, 0) is 60.4 Å². The quantitative estimate of drug-likeness (QED) is 0.241. The Morgan fingerprint density at radius 3 is 2.32 bits per heavy atom. The molecule has 0 bridgehead atoms. The van der Waals surface area contributed by atoms with Crippen LogP contribution >= 0.6 is 0 Å². The van der Waals surface area contributed by atoms with E-state index in [9.17, 15) is 14.7 Å². The number of ether oxygens (including phenoxy) is 3. The second-order valence-electron chi connectivity index (χ2n) is 11.6. The van der Waals surface area contributed by atoms with E-state index in [1.165, 1.54) is 4.90 Å². The number of rotatable bonds is 10. The number of likely N-dealkylation sites (tertiary alicyclic amines) is 1. The Morgan fingerprint density at radius 2 is 1.61 bits per heavy atom. The summed E-state index contributed by atoms with van der Waals surface area (Å²) in [6, 6.07) is 20.9. The lowest BCUT2D eigenvalue weighted by atomic mass is 9.90. The fourth-order valence-corrected chi connectivity index (χ4v) is 6.53. The van der Waals surface area contributed by atoms with Crippen molar-refractivity contribution in [3.05, 3.63) is 96.1 Å². The van der Waals surface area contributed by atoms with Crippen molar-refractivity contribution in [1.29, 1.82) is 0 Å². The first-order valence-electron chi connectivity index (χ1n) is 15.3. The van der Waals surface area contributed by atoms with Gasteiger partial charge in [-0.25, -0.2) is 5.01 Å². The Morgan fingerprint density at radius 1 is 0.864 bits per heavy atom. The third kappa shape index (κ3) is 5.89. The second kappa shape index (κ2) is 13.1. The molecule has 6 rings (SSSR count). The van der Waals surface area contributed by atoms with Crippen molar-refractivity contribution in [2.24, 2.45) is 5.92 Å². The number of nitrogens with one attached hydrogen (secondary N) is 1. The first kappa shape index (κ1) is 29.7. The maximum atomic E-state index is 14.1. The average Bonchev–Trinajstić information content (AvgIpc) is 3.33. The van der Waals surface area contributed by atoms with Crippen LogP contribution in [-0.4, -0.2) is 59.2 Å². The van der Waals surface area contributed by atoms with Crippen LogP contribution in [0, 0.1) is 5.92 Å². The highest BCUT2D eigenvalue weighted by Gasteiger charge is 2.55. The van der Waals surface area contributed by atoms with Gasteiger partial charge in [-0.1, -0.05) is 67.8 Å². The third-order valence-corrected chi connectivity index (χ3v) is 8.87. The van der Waals surface area contributed by atoms with Gasteiger partial charge in [0.05, 0.1) is 26.2 Å². The van der Waals surface area contributed by atoms with Crippen molar-refractivity contribution >= 4 is 17.5 Å². The van der Waals surface area contributed by atoms with E-state index in [1.54, 1.807) is 43.5 Å². The minimum Gasteiger partial charge on any atom is -0.497 e. The number of benzene rings is 3. The van der Waals surface area contributed by atoms with Crippen molar-refractivity contribution in [2.75, 3.05) is 19.6 Å². The molecule has 230 valence electrons. The van der Waals surface area contributed by atoms with E-state index in [4.69, 9.17) is 14.2 Å². The van der Waals surface area contributed by atoms with Crippen LogP contribution in [-0.2, 0) is 16.2 Å². The highest BCUT2D eigenvalue weighted by atomic mass is 16.5. The fraction of sp³-hybridized carbons (Fsp3) is 0.371. The van der Waals surface area contributed by atoms with Gasteiger partial charge in [-0.3, -0.25) is 14.5 Å². The van der Waals surface area contributed by atoms with Crippen molar-refractivity contribution in [3.8, 4) is 17.2 Å². The average molecular weight is 598 g/mol. The molecular weight excluding hydrogens is 558 g/mol. The van der Waals surface area contributed by atoms with Crippen LogP contribution in [0.5, 0.6) is 17.2 Å². The Hall–Kier alpha value is -4.34. The lowest BCUT2D eigenvalue weighted by molar-refractivity contribution is -0.143. The molecule has 1 aliphatic carbocycles. The predicted octanol–water partition coefficient (Wildman–Crippen LogP) is 5.27. The van der Waals surface area contributed by atoms with Gasteiger partial charge in [-0.15, -0.1) is 0 Å². The van der Waals surface area contributed by atoms with Crippen LogP contribution in [0.15, 0.2) is 84.9 Å². The molecular formula is C35H39N3O6. The maximum absolute atomic E-state index is 14.1. The van der Waals surface area contributed by atoms with E-state index < -0.39 is 24.1 Å². The number of nitrogens with zero attached hydrogens (tertiary/aromatic N) is 2. The van der Waals surface area contributed by atoms with Gasteiger partial charge >= 0.3 is 0 Å². The number of methoxy groups -OCH3 is 2. The molecule has 1 saturated heterocycles. The number of imide groups is 1. The highest BCUT2D eigenvalue weighted by molar-refractivity contribution is 6.08. The second-order valence-corrected chi connectivity index (χ2v) is 11.6. The first-order chi connectivity index (χ1) is 21.5. The van der Waals surface area contributed by atoms with E-state index in [0.29, 0.717) is 35.1 Å². The van der Waals surface area contributed by atoms with Crippen molar-refractivity contribution in [3.63, 3.8) is 0 Å². The Bertz CT molecular complexity index is 1490. The number of hydrazine groups is 1. The van der Waals surface area contributed by atoms with Crippen molar-refractivity contribution in [2.45, 2.75) is 62.9 Å². The maximum Gasteiger partial charge on any atom is 0.249 e. The predicted molar refractivity (Wildman–Crippen MR) is 166 cm³/mol. The van der Waals surface area contributed by atoms with Crippen LogP contribution in [0.4, 0.5) is 5.69 Å². The van der Waals surface area contributed by atoms with Gasteiger partial charge in [0.15, 0.2) is 11.5 Å². The summed E-state index contributed by atoms with van der Waals surface area (Å²) in [6.45, 7) is 0.336. The molecule has 44 heavy (non-hydrogen) atoms. The zero-order valence-electron chi connectivity index (χ0n) is 25.1. The van der Waals surface area contributed by atoms with Gasteiger partial charge in [0.1, 0.15) is 24.5 Å².